The molecule has 1 N–H and O–H groups in total. The lowest BCUT2D eigenvalue weighted by molar-refractivity contribution is 0.0184. The monoisotopic (exact) mass is 234 g/mol. The van der Waals surface area contributed by atoms with Crippen LogP contribution in [0.4, 0.5) is 5.69 Å². The van der Waals surface area contributed by atoms with Crippen LogP contribution in [-0.2, 0) is 4.74 Å². The van der Waals surface area contributed by atoms with Crippen molar-refractivity contribution in [2.75, 3.05) is 38.2 Å². The zero-order chi connectivity index (χ0) is 11.9. The van der Waals surface area contributed by atoms with E-state index in [9.17, 15) is 0 Å². The molecule has 1 aromatic carbocycles. The van der Waals surface area contributed by atoms with Crippen LogP contribution in [0.1, 0.15) is 13.3 Å². The van der Waals surface area contributed by atoms with E-state index in [0.717, 1.165) is 32.8 Å². The van der Waals surface area contributed by atoms with Crippen LogP contribution in [0.3, 0.4) is 0 Å². The Hall–Kier alpha value is -1.06. The minimum atomic E-state index is 0.610. The van der Waals surface area contributed by atoms with Crippen molar-refractivity contribution in [1.29, 1.82) is 0 Å². The molecule has 0 spiro atoms. The summed E-state index contributed by atoms with van der Waals surface area (Å²) in [5, 5.41) is 3.51. The van der Waals surface area contributed by atoms with Crippen LogP contribution in [0.5, 0.6) is 0 Å². The summed E-state index contributed by atoms with van der Waals surface area (Å²) >= 11 is 0. The Morgan fingerprint density at radius 1 is 1.24 bits per heavy atom. The second-order valence-electron chi connectivity index (χ2n) is 4.46. The zero-order valence-corrected chi connectivity index (χ0v) is 10.6. The Morgan fingerprint density at radius 3 is 2.59 bits per heavy atom. The van der Waals surface area contributed by atoms with Crippen molar-refractivity contribution < 1.29 is 4.74 Å². The minimum absolute atomic E-state index is 0.610. The molecule has 1 heterocycles. The van der Waals surface area contributed by atoms with E-state index in [0.29, 0.717) is 6.04 Å². The quantitative estimate of drug-likeness (QED) is 0.845. The number of para-hydroxylation sites is 1. The molecule has 1 aromatic rings. The van der Waals surface area contributed by atoms with Crippen molar-refractivity contribution in [2.24, 2.45) is 0 Å². The normalized spacial score (nSPS) is 18.9. The summed E-state index contributed by atoms with van der Waals surface area (Å²) in [6.45, 7) is 7.15. The first-order valence-corrected chi connectivity index (χ1v) is 6.51. The second kappa shape index (κ2) is 6.62. The summed E-state index contributed by atoms with van der Waals surface area (Å²) in [6, 6.07) is 11.0. The molecule has 0 saturated carbocycles. The summed E-state index contributed by atoms with van der Waals surface area (Å²) < 4.78 is 5.40. The lowest BCUT2D eigenvalue weighted by Gasteiger charge is -2.34. The molecule has 3 heteroatoms. The van der Waals surface area contributed by atoms with Crippen molar-refractivity contribution in [1.82, 2.24) is 4.90 Å². The predicted molar refractivity (Wildman–Crippen MR) is 71.4 cm³/mol. The summed E-state index contributed by atoms with van der Waals surface area (Å²) in [7, 11) is 0. The van der Waals surface area contributed by atoms with E-state index in [4.69, 9.17) is 4.74 Å². The van der Waals surface area contributed by atoms with Gasteiger partial charge in [-0.15, -0.1) is 0 Å². The summed E-state index contributed by atoms with van der Waals surface area (Å²) in [5.74, 6) is 0. The highest BCUT2D eigenvalue weighted by molar-refractivity contribution is 5.42. The Labute approximate surface area is 104 Å². The fraction of sp³-hybridized carbons (Fsp3) is 0.571. The lowest BCUT2D eigenvalue weighted by Crippen LogP contribution is -2.46. The van der Waals surface area contributed by atoms with E-state index >= 15 is 0 Å². The number of hydrogen-bond donors (Lipinski definition) is 1. The fourth-order valence-electron chi connectivity index (χ4n) is 2.27. The highest BCUT2D eigenvalue weighted by Crippen LogP contribution is 2.10. The van der Waals surface area contributed by atoms with E-state index in [1.165, 1.54) is 12.1 Å². The molecule has 0 aromatic heterocycles. The third-order valence-corrected chi connectivity index (χ3v) is 3.35. The van der Waals surface area contributed by atoms with Gasteiger partial charge in [0.2, 0.25) is 0 Å². The largest absolute Gasteiger partial charge is 0.383 e. The Balaban J connectivity index is 1.82. The first kappa shape index (κ1) is 12.4. The van der Waals surface area contributed by atoms with Crippen LogP contribution in [0.25, 0.3) is 0 Å². The van der Waals surface area contributed by atoms with Crippen LogP contribution in [0, 0.1) is 0 Å². The molecule has 3 nitrogen and oxygen atoms in total. The van der Waals surface area contributed by atoms with Crippen molar-refractivity contribution in [3.05, 3.63) is 30.3 Å². The van der Waals surface area contributed by atoms with Gasteiger partial charge in [-0.1, -0.05) is 25.1 Å². The van der Waals surface area contributed by atoms with Gasteiger partial charge in [0.05, 0.1) is 13.2 Å². The smallest absolute Gasteiger partial charge is 0.0594 e. The SMILES string of the molecule is CCC(CNc1ccccc1)N1CCOCC1. The molecule has 0 bridgehead atoms. The Kier molecular flexibility index (Phi) is 4.83. The minimum Gasteiger partial charge on any atom is -0.383 e. The summed E-state index contributed by atoms with van der Waals surface area (Å²) in [5.41, 5.74) is 1.21. The van der Waals surface area contributed by atoms with Crippen molar-refractivity contribution >= 4 is 5.69 Å². The van der Waals surface area contributed by atoms with Gasteiger partial charge < -0.3 is 10.1 Å². The van der Waals surface area contributed by atoms with E-state index in [2.05, 4.69) is 41.4 Å². The highest BCUT2D eigenvalue weighted by Gasteiger charge is 2.18. The average molecular weight is 234 g/mol. The zero-order valence-electron chi connectivity index (χ0n) is 10.6. The Bertz CT molecular complexity index is 309. The van der Waals surface area contributed by atoms with Crippen LogP contribution in [0.2, 0.25) is 0 Å². The van der Waals surface area contributed by atoms with E-state index in [1.54, 1.807) is 0 Å². The topological polar surface area (TPSA) is 24.5 Å². The van der Waals surface area contributed by atoms with Gasteiger partial charge in [-0.05, 0) is 18.6 Å². The maximum atomic E-state index is 5.40. The Morgan fingerprint density at radius 2 is 1.94 bits per heavy atom. The molecular formula is C14H22N2O. The van der Waals surface area contributed by atoms with E-state index in [1.807, 2.05) is 6.07 Å². The number of benzene rings is 1. The second-order valence-corrected chi connectivity index (χ2v) is 4.46. The molecule has 2 rings (SSSR count). The number of ether oxygens (including phenoxy) is 1. The van der Waals surface area contributed by atoms with Crippen LogP contribution >= 0.6 is 0 Å². The van der Waals surface area contributed by atoms with Gasteiger partial charge in [0.1, 0.15) is 0 Å². The summed E-state index contributed by atoms with van der Waals surface area (Å²) in [4.78, 5) is 2.53. The molecular weight excluding hydrogens is 212 g/mol. The maximum Gasteiger partial charge on any atom is 0.0594 e. The van der Waals surface area contributed by atoms with Crippen molar-refractivity contribution in [3.63, 3.8) is 0 Å². The number of morpholine rings is 1. The number of nitrogens with zero attached hydrogens (tertiary/aromatic N) is 1. The molecule has 1 fully saturated rings. The molecule has 1 aliphatic heterocycles. The number of hydrogen-bond acceptors (Lipinski definition) is 3. The van der Waals surface area contributed by atoms with Crippen LogP contribution in [0.15, 0.2) is 30.3 Å². The molecule has 94 valence electrons. The molecule has 0 radical (unpaired) electrons. The number of rotatable bonds is 5. The van der Waals surface area contributed by atoms with Gasteiger partial charge in [-0.25, -0.2) is 0 Å². The fourth-order valence-corrected chi connectivity index (χ4v) is 2.27. The van der Waals surface area contributed by atoms with Gasteiger partial charge in [-0.3, -0.25) is 4.90 Å². The van der Waals surface area contributed by atoms with Gasteiger partial charge in [0.15, 0.2) is 0 Å². The van der Waals surface area contributed by atoms with Crippen molar-refractivity contribution in [3.8, 4) is 0 Å². The molecule has 0 aliphatic carbocycles. The van der Waals surface area contributed by atoms with Gasteiger partial charge >= 0.3 is 0 Å². The number of nitrogens with one attached hydrogen (secondary N) is 1. The maximum absolute atomic E-state index is 5.40. The highest BCUT2D eigenvalue weighted by atomic mass is 16.5. The van der Waals surface area contributed by atoms with Gasteiger partial charge in [0, 0.05) is 31.4 Å². The van der Waals surface area contributed by atoms with Gasteiger partial charge in [-0.2, -0.15) is 0 Å². The molecule has 1 atom stereocenters. The molecule has 17 heavy (non-hydrogen) atoms. The molecule has 0 amide bonds. The average Bonchev–Trinajstić information content (AvgIpc) is 2.42. The number of anilines is 1. The van der Waals surface area contributed by atoms with E-state index < -0.39 is 0 Å². The lowest BCUT2D eigenvalue weighted by atomic mass is 10.1. The van der Waals surface area contributed by atoms with Gasteiger partial charge in [0.25, 0.3) is 0 Å². The standard InChI is InChI=1S/C14H22N2O/c1-2-14(16-8-10-17-11-9-16)12-15-13-6-4-3-5-7-13/h3-7,14-15H,2,8-12H2,1H3. The molecule has 1 unspecified atom stereocenters. The molecule has 1 saturated heterocycles. The van der Waals surface area contributed by atoms with Crippen LogP contribution in [-0.4, -0.2) is 43.8 Å². The van der Waals surface area contributed by atoms with E-state index in [-0.39, 0.29) is 0 Å². The summed E-state index contributed by atoms with van der Waals surface area (Å²) in [6.07, 6.45) is 1.18. The van der Waals surface area contributed by atoms with Crippen LogP contribution < -0.4 is 5.32 Å². The third kappa shape index (κ3) is 3.72. The predicted octanol–water partition coefficient (Wildman–Crippen LogP) is 2.21. The first-order valence-electron chi connectivity index (χ1n) is 6.51. The molecule has 1 aliphatic rings. The first-order chi connectivity index (χ1) is 8.40. The van der Waals surface area contributed by atoms with Crippen molar-refractivity contribution in [2.45, 2.75) is 19.4 Å². The third-order valence-electron chi connectivity index (χ3n) is 3.35.